The first kappa shape index (κ1) is 18.6. The number of hydrogen-bond acceptors (Lipinski definition) is 5. The van der Waals surface area contributed by atoms with Crippen LogP contribution < -0.4 is 10.5 Å². The Morgan fingerprint density at radius 3 is 2.45 bits per heavy atom. The summed E-state index contributed by atoms with van der Waals surface area (Å²) in [6.07, 6.45) is 0. The van der Waals surface area contributed by atoms with Crippen LogP contribution in [0.1, 0.15) is 33.0 Å². The number of phenols is 1. The van der Waals surface area contributed by atoms with Crippen LogP contribution in [-0.4, -0.2) is 10.9 Å². The third kappa shape index (κ3) is 3.10. The Hall–Kier alpha value is -3.75. The summed E-state index contributed by atoms with van der Waals surface area (Å²) in [5.74, 6) is -1.16. The maximum Gasteiger partial charge on any atom is 0.205 e. The highest BCUT2D eigenvalue weighted by Gasteiger charge is 2.35. The number of fused-ring (bicyclic) bond motifs is 1. The van der Waals surface area contributed by atoms with Crippen molar-refractivity contribution in [3.8, 4) is 17.6 Å². The van der Waals surface area contributed by atoms with E-state index in [0.717, 1.165) is 0 Å². The van der Waals surface area contributed by atoms with E-state index in [1.54, 1.807) is 60.7 Å². The zero-order valence-corrected chi connectivity index (χ0v) is 15.9. The summed E-state index contributed by atoms with van der Waals surface area (Å²) in [5, 5.41) is 21.2. The van der Waals surface area contributed by atoms with Gasteiger partial charge in [-0.2, -0.15) is 5.26 Å². The third-order valence-electron chi connectivity index (χ3n) is 4.86. The van der Waals surface area contributed by atoms with Crippen LogP contribution in [0, 0.1) is 11.3 Å². The second-order valence-electron chi connectivity index (χ2n) is 6.52. The van der Waals surface area contributed by atoms with Crippen molar-refractivity contribution < 1.29 is 14.6 Å². The zero-order valence-electron chi connectivity index (χ0n) is 15.1. The van der Waals surface area contributed by atoms with E-state index >= 15 is 0 Å². The number of allylic oxidation sites excluding steroid dienone is 1. The minimum atomic E-state index is -0.763. The van der Waals surface area contributed by atoms with Crippen molar-refractivity contribution >= 4 is 17.4 Å². The Morgan fingerprint density at radius 2 is 1.76 bits per heavy atom. The SMILES string of the molecule is N#CC1=C(N)Oc2ccc(C(=O)c3ccccc3)c(O)c2C1c1ccccc1Cl. The van der Waals surface area contributed by atoms with Gasteiger partial charge >= 0.3 is 0 Å². The summed E-state index contributed by atoms with van der Waals surface area (Å²) in [5.41, 5.74) is 7.48. The topological polar surface area (TPSA) is 96.3 Å². The number of carbonyl (C=O) groups excluding carboxylic acids is 1. The van der Waals surface area contributed by atoms with Gasteiger partial charge in [-0.3, -0.25) is 4.79 Å². The molecule has 142 valence electrons. The maximum absolute atomic E-state index is 12.9. The predicted molar refractivity (Wildman–Crippen MR) is 109 cm³/mol. The van der Waals surface area contributed by atoms with Crippen molar-refractivity contribution in [3.63, 3.8) is 0 Å². The number of hydrogen-bond donors (Lipinski definition) is 2. The van der Waals surface area contributed by atoms with Crippen LogP contribution >= 0.6 is 11.6 Å². The molecule has 1 aliphatic heterocycles. The first-order chi connectivity index (χ1) is 14.0. The van der Waals surface area contributed by atoms with Gasteiger partial charge in [-0.15, -0.1) is 0 Å². The van der Waals surface area contributed by atoms with Crippen LogP contribution in [0.4, 0.5) is 0 Å². The minimum Gasteiger partial charge on any atom is -0.507 e. The number of rotatable bonds is 3. The smallest absolute Gasteiger partial charge is 0.205 e. The first-order valence-corrected chi connectivity index (χ1v) is 9.18. The molecule has 0 radical (unpaired) electrons. The van der Waals surface area contributed by atoms with E-state index in [1.165, 1.54) is 6.07 Å². The van der Waals surface area contributed by atoms with Crippen molar-refractivity contribution in [1.82, 2.24) is 0 Å². The number of nitrogens with two attached hydrogens (primary N) is 1. The fourth-order valence-corrected chi connectivity index (χ4v) is 3.73. The fourth-order valence-electron chi connectivity index (χ4n) is 3.49. The van der Waals surface area contributed by atoms with Crippen LogP contribution in [0.3, 0.4) is 0 Å². The quantitative estimate of drug-likeness (QED) is 0.629. The van der Waals surface area contributed by atoms with E-state index in [-0.39, 0.29) is 39.9 Å². The summed E-state index contributed by atoms with van der Waals surface area (Å²) in [4.78, 5) is 12.9. The monoisotopic (exact) mass is 402 g/mol. The summed E-state index contributed by atoms with van der Waals surface area (Å²) in [6, 6.07) is 20.7. The van der Waals surface area contributed by atoms with Gasteiger partial charge in [-0.25, -0.2) is 0 Å². The number of halogens is 1. The number of carbonyl (C=O) groups is 1. The van der Waals surface area contributed by atoms with Gasteiger partial charge in [0.2, 0.25) is 5.88 Å². The van der Waals surface area contributed by atoms with Gasteiger partial charge in [0, 0.05) is 10.6 Å². The molecule has 4 rings (SSSR count). The molecule has 0 aliphatic carbocycles. The molecule has 1 atom stereocenters. The largest absolute Gasteiger partial charge is 0.507 e. The molecule has 0 fully saturated rings. The average Bonchev–Trinajstić information content (AvgIpc) is 2.74. The molecule has 0 aromatic heterocycles. The van der Waals surface area contributed by atoms with Gasteiger partial charge in [0.05, 0.1) is 17.0 Å². The summed E-state index contributed by atoms with van der Waals surface area (Å²) in [6.45, 7) is 0. The molecule has 3 N–H and O–H groups in total. The highest BCUT2D eigenvalue weighted by Crippen LogP contribution is 2.49. The van der Waals surface area contributed by atoms with Crippen molar-refractivity contribution in [1.29, 1.82) is 5.26 Å². The molecule has 0 spiro atoms. The van der Waals surface area contributed by atoms with Crippen LogP contribution in [0.25, 0.3) is 0 Å². The molecular weight excluding hydrogens is 388 g/mol. The first-order valence-electron chi connectivity index (χ1n) is 8.80. The minimum absolute atomic E-state index is 0.0635. The lowest BCUT2D eigenvalue weighted by Crippen LogP contribution is -2.22. The van der Waals surface area contributed by atoms with Gasteiger partial charge in [0.15, 0.2) is 5.78 Å². The molecule has 1 unspecified atom stereocenters. The van der Waals surface area contributed by atoms with Crippen molar-refractivity contribution in [2.24, 2.45) is 5.73 Å². The summed E-state index contributed by atoms with van der Waals surface area (Å²) >= 11 is 6.38. The van der Waals surface area contributed by atoms with Crippen LogP contribution in [-0.2, 0) is 0 Å². The third-order valence-corrected chi connectivity index (χ3v) is 5.20. The number of benzene rings is 3. The van der Waals surface area contributed by atoms with E-state index in [1.807, 2.05) is 0 Å². The highest BCUT2D eigenvalue weighted by atomic mass is 35.5. The van der Waals surface area contributed by atoms with Crippen LogP contribution in [0.15, 0.2) is 78.2 Å². The van der Waals surface area contributed by atoms with E-state index < -0.39 is 5.92 Å². The van der Waals surface area contributed by atoms with Gasteiger partial charge in [-0.1, -0.05) is 60.1 Å². The Morgan fingerprint density at radius 1 is 1.07 bits per heavy atom. The Labute approximate surface area is 172 Å². The van der Waals surface area contributed by atoms with Gasteiger partial charge in [-0.05, 0) is 23.8 Å². The Bertz CT molecular complexity index is 1200. The van der Waals surface area contributed by atoms with Gasteiger partial charge in [0.25, 0.3) is 0 Å². The fraction of sp³-hybridized carbons (Fsp3) is 0.0435. The highest BCUT2D eigenvalue weighted by molar-refractivity contribution is 6.31. The number of ether oxygens (including phenoxy) is 1. The molecular formula is C23H15ClN2O3. The lowest BCUT2D eigenvalue weighted by Gasteiger charge is -2.28. The van der Waals surface area contributed by atoms with Gasteiger partial charge < -0.3 is 15.6 Å². The van der Waals surface area contributed by atoms with Crippen molar-refractivity contribution in [2.45, 2.75) is 5.92 Å². The summed E-state index contributed by atoms with van der Waals surface area (Å²) < 4.78 is 5.57. The summed E-state index contributed by atoms with van der Waals surface area (Å²) in [7, 11) is 0. The van der Waals surface area contributed by atoms with Crippen LogP contribution in [0.2, 0.25) is 5.02 Å². The zero-order chi connectivity index (χ0) is 20.5. The molecule has 3 aromatic carbocycles. The molecule has 0 saturated heterocycles. The van der Waals surface area contributed by atoms with E-state index in [2.05, 4.69) is 6.07 Å². The predicted octanol–water partition coefficient (Wildman–Crippen LogP) is 4.49. The number of phenolic OH excluding ortho intramolecular Hbond substituents is 1. The molecule has 1 aliphatic rings. The lowest BCUT2D eigenvalue weighted by atomic mass is 9.81. The Kier molecular flexibility index (Phi) is 4.71. The molecule has 0 bridgehead atoms. The Balaban J connectivity index is 1.95. The van der Waals surface area contributed by atoms with Gasteiger partial charge in [0.1, 0.15) is 23.1 Å². The maximum atomic E-state index is 12.9. The van der Waals surface area contributed by atoms with E-state index in [4.69, 9.17) is 22.1 Å². The van der Waals surface area contributed by atoms with Crippen molar-refractivity contribution in [3.05, 3.63) is 105 Å². The number of aromatic hydroxyl groups is 1. The molecule has 0 amide bonds. The second-order valence-corrected chi connectivity index (χ2v) is 6.92. The van der Waals surface area contributed by atoms with E-state index in [0.29, 0.717) is 16.1 Å². The molecule has 6 heteroatoms. The number of nitriles is 1. The molecule has 29 heavy (non-hydrogen) atoms. The van der Waals surface area contributed by atoms with E-state index in [9.17, 15) is 15.2 Å². The van der Waals surface area contributed by atoms with Crippen LogP contribution in [0.5, 0.6) is 11.5 Å². The normalized spacial score (nSPS) is 15.2. The number of nitrogens with zero attached hydrogens (tertiary/aromatic N) is 1. The average molecular weight is 403 g/mol. The van der Waals surface area contributed by atoms with Crippen molar-refractivity contribution in [2.75, 3.05) is 0 Å². The molecule has 5 nitrogen and oxygen atoms in total. The lowest BCUT2D eigenvalue weighted by molar-refractivity contribution is 0.103. The second kappa shape index (κ2) is 7.34. The molecule has 3 aromatic rings. The number of ketones is 1. The standard InChI is InChI=1S/C23H15ClN2O3/c24-17-9-5-4-8-14(17)19-16(12-25)23(26)29-18-11-10-15(22(28)20(18)19)21(27)13-6-2-1-3-7-13/h1-11,19,28H,26H2. The molecule has 0 saturated carbocycles. The molecule has 1 heterocycles.